The number of nitrogens with zero attached hydrogens (tertiary/aromatic N) is 3. The highest BCUT2D eigenvalue weighted by Crippen LogP contribution is 2.31. The summed E-state index contributed by atoms with van der Waals surface area (Å²) in [5.74, 6) is -0.460. The summed E-state index contributed by atoms with van der Waals surface area (Å²) in [7, 11) is 0. The molecule has 0 radical (unpaired) electrons. The number of nitrogens with two attached hydrogens (primary N) is 1. The van der Waals surface area contributed by atoms with Gasteiger partial charge in [0.15, 0.2) is 0 Å². The van der Waals surface area contributed by atoms with Crippen molar-refractivity contribution in [1.29, 1.82) is 0 Å². The van der Waals surface area contributed by atoms with E-state index in [1.807, 2.05) is 63.1 Å². The number of alkyl halides is 2. The highest BCUT2D eigenvalue weighted by atomic mass is 19.3. The largest absolute Gasteiger partial charge is 0.405 e. The number of hydrogen-bond donors (Lipinski definition) is 1. The van der Waals surface area contributed by atoms with Crippen molar-refractivity contribution >= 4 is 11.8 Å². The molecule has 1 fully saturated rings. The maximum atomic E-state index is 13.9. The number of halogens is 3. The van der Waals surface area contributed by atoms with Crippen LogP contribution in [0.5, 0.6) is 0 Å². The van der Waals surface area contributed by atoms with Gasteiger partial charge in [-0.1, -0.05) is 57.4 Å². The fourth-order valence-corrected chi connectivity index (χ4v) is 4.37. The zero-order valence-electron chi connectivity index (χ0n) is 27.1. The summed E-state index contributed by atoms with van der Waals surface area (Å²) in [6.45, 7) is 16.7. The van der Waals surface area contributed by atoms with E-state index < -0.39 is 5.92 Å². The Kier molecular flexibility index (Phi) is 18.3. The van der Waals surface area contributed by atoms with E-state index in [9.17, 15) is 13.2 Å². The summed E-state index contributed by atoms with van der Waals surface area (Å²) in [4.78, 5) is 10.8. The van der Waals surface area contributed by atoms with Crippen molar-refractivity contribution in [1.82, 2.24) is 9.88 Å². The predicted octanol–water partition coefficient (Wildman–Crippen LogP) is 9.77. The van der Waals surface area contributed by atoms with Gasteiger partial charge in [0.1, 0.15) is 5.83 Å². The van der Waals surface area contributed by atoms with Crippen LogP contribution < -0.4 is 5.73 Å². The van der Waals surface area contributed by atoms with E-state index in [2.05, 4.69) is 46.9 Å². The van der Waals surface area contributed by atoms with Gasteiger partial charge in [0.05, 0.1) is 0 Å². The summed E-state index contributed by atoms with van der Waals surface area (Å²) in [5, 5.41) is 0. The summed E-state index contributed by atoms with van der Waals surface area (Å²) in [6, 6.07) is 8.22. The topological polar surface area (TPSA) is 54.5 Å². The lowest BCUT2D eigenvalue weighted by Crippen LogP contribution is -2.38. The standard InChI is InChI=1S/C34H36F3N3.C2H5N.C2H6/c1-5-7-8-12-32(35)13-10-9-11-30(23-38-6-2)27(4)33-21-29(15-14-26(33)3)31-20-28(22-39-24-31)25-40-18-16-34(36,37)17-19-40;1-2-3;1-2/h1,6,8-9,11-15,20-24H,4,7,10,16-19,25H2,2-3H3;2H,1,3H2;1-2H3/b11-9-,12-8-,30-23+,32-13+,38-6?;;. The van der Waals surface area contributed by atoms with Gasteiger partial charge in [0.25, 0.3) is 5.92 Å². The number of aliphatic imine (C=N–C) groups is 1. The number of pyridine rings is 1. The summed E-state index contributed by atoms with van der Waals surface area (Å²) < 4.78 is 41.0. The quantitative estimate of drug-likeness (QED) is 0.155. The molecule has 0 atom stereocenters. The average Bonchev–Trinajstić information content (AvgIpc) is 3.03. The second-order valence-electron chi connectivity index (χ2n) is 9.99. The number of allylic oxidation sites excluding steroid dienone is 8. The van der Waals surface area contributed by atoms with Crippen LogP contribution in [0.3, 0.4) is 0 Å². The normalized spacial score (nSPS) is 15.2. The molecule has 2 heterocycles. The van der Waals surface area contributed by atoms with Gasteiger partial charge in [-0.15, -0.1) is 12.3 Å². The van der Waals surface area contributed by atoms with Gasteiger partial charge in [-0.3, -0.25) is 14.9 Å². The van der Waals surface area contributed by atoms with Gasteiger partial charge < -0.3 is 5.73 Å². The molecule has 1 aromatic carbocycles. The van der Waals surface area contributed by atoms with Crippen LogP contribution in [0.1, 0.15) is 63.1 Å². The van der Waals surface area contributed by atoms with E-state index >= 15 is 0 Å². The van der Waals surface area contributed by atoms with Crippen LogP contribution in [-0.4, -0.2) is 35.1 Å². The molecule has 45 heavy (non-hydrogen) atoms. The number of terminal acetylenes is 1. The summed E-state index contributed by atoms with van der Waals surface area (Å²) >= 11 is 0. The van der Waals surface area contributed by atoms with Gasteiger partial charge in [-0.25, -0.2) is 13.2 Å². The third-order valence-electron chi connectivity index (χ3n) is 6.65. The van der Waals surface area contributed by atoms with Crippen molar-refractivity contribution in [2.75, 3.05) is 13.1 Å². The lowest BCUT2D eigenvalue weighted by Gasteiger charge is -2.31. The third-order valence-corrected chi connectivity index (χ3v) is 6.65. The van der Waals surface area contributed by atoms with Crippen LogP contribution in [-0.2, 0) is 6.54 Å². The molecule has 2 N–H and O–H groups in total. The Morgan fingerprint density at radius 1 is 1.13 bits per heavy atom. The molecule has 0 amide bonds. The smallest absolute Gasteiger partial charge is 0.250 e. The summed E-state index contributed by atoms with van der Waals surface area (Å²) in [5.41, 5.74) is 11.1. The molecular formula is C38H47F3N4. The molecule has 1 saturated heterocycles. The van der Waals surface area contributed by atoms with Crippen molar-refractivity contribution in [3.8, 4) is 23.5 Å². The molecule has 0 unspecified atom stereocenters. The number of aromatic nitrogens is 1. The maximum absolute atomic E-state index is 13.9. The van der Waals surface area contributed by atoms with E-state index in [0.29, 0.717) is 32.5 Å². The SMILES string of the molecule is C#CC/C=C\C(F)=C/C/C=C\C(=C/N=CC)C(=C)c1cc(-c2cncc(CN3CCC(F)(F)CC3)c2)ccc1C.C=CN.CC. The number of hydrogen-bond acceptors (Lipinski definition) is 4. The molecular weight excluding hydrogens is 569 g/mol. The minimum atomic E-state index is -2.56. The van der Waals surface area contributed by atoms with Crippen molar-refractivity contribution in [3.05, 3.63) is 121 Å². The lowest BCUT2D eigenvalue weighted by molar-refractivity contribution is -0.0566. The summed E-state index contributed by atoms with van der Waals surface area (Å²) in [6.07, 6.45) is 22.2. The maximum Gasteiger partial charge on any atom is 0.250 e. The number of likely N-dealkylation sites (tertiary alicyclic amines) is 1. The predicted molar refractivity (Wildman–Crippen MR) is 186 cm³/mol. The van der Waals surface area contributed by atoms with Crippen LogP contribution in [0.25, 0.3) is 16.7 Å². The van der Waals surface area contributed by atoms with E-state index in [4.69, 9.17) is 6.42 Å². The Labute approximate surface area is 268 Å². The molecule has 0 spiro atoms. The fraction of sp³-hybridized carbons (Fsp3) is 0.316. The molecule has 2 aromatic rings. The first-order valence-corrected chi connectivity index (χ1v) is 15.1. The van der Waals surface area contributed by atoms with Crippen molar-refractivity contribution < 1.29 is 13.2 Å². The van der Waals surface area contributed by atoms with Crippen LogP contribution in [0.4, 0.5) is 13.2 Å². The molecule has 0 aliphatic carbocycles. The molecule has 1 aliphatic heterocycles. The lowest BCUT2D eigenvalue weighted by atomic mass is 9.92. The first-order chi connectivity index (χ1) is 21.6. The molecule has 1 aromatic heterocycles. The van der Waals surface area contributed by atoms with Crippen molar-refractivity contribution in [3.63, 3.8) is 0 Å². The first-order valence-electron chi connectivity index (χ1n) is 15.1. The molecule has 0 bridgehead atoms. The van der Waals surface area contributed by atoms with Gasteiger partial charge >= 0.3 is 0 Å². The molecule has 240 valence electrons. The Bertz CT molecular complexity index is 1410. The Morgan fingerprint density at radius 3 is 2.47 bits per heavy atom. The Morgan fingerprint density at radius 2 is 1.82 bits per heavy atom. The fourth-order valence-electron chi connectivity index (χ4n) is 4.37. The van der Waals surface area contributed by atoms with Crippen molar-refractivity contribution in [2.45, 2.75) is 65.8 Å². The van der Waals surface area contributed by atoms with Crippen LogP contribution in [0.15, 0.2) is 109 Å². The Balaban J connectivity index is 0.00000191. The number of rotatable bonds is 11. The highest BCUT2D eigenvalue weighted by Gasteiger charge is 2.33. The molecule has 3 rings (SSSR count). The van der Waals surface area contributed by atoms with E-state index in [0.717, 1.165) is 39.0 Å². The molecule has 1 aliphatic rings. The zero-order valence-corrected chi connectivity index (χ0v) is 27.1. The van der Waals surface area contributed by atoms with E-state index in [1.165, 1.54) is 18.4 Å². The molecule has 7 heteroatoms. The van der Waals surface area contributed by atoms with E-state index in [1.54, 1.807) is 24.7 Å². The average molecular weight is 617 g/mol. The minimum absolute atomic E-state index is 0.106. The van der Waals surface area contributed by atoms with E-state index in [-0.39, 0.29) is 18.7 Å². The Hall–Kier alpha value is -4.41. The number of aryl methyl sites for hydroxylation is 1. The minimum Gasteiger partial charge on any atom is -0.405 e. The molecule has 4 nitrogen and oxygen atoms in total. The first kappa shape index (κ1) is 38.6. The highest BCUT2D eigenvalue weighted by molar-refractivity contribution is 5.84. The number of piperidine rings is 1. The van der Waals surface area contributed by atoms with Gasteiger partial charge in [0.2, 0.25) is 0 Å². The van der Waals surface area contributed by atoms with Crippen LogP contribution in [0, 0.1) is 19.3 Å². The third kappa shape index (κ3) is 14.3. The monoisotopic (exact) mass is 616 g/mol. The molecule has 0 saturated carbocycles. The van der Waals surface area contributed by atoms with Gasteiger partial charge in [-0.05, 0) is 84.2 Å². The second-order valence-corrected chi connectivity index (χ2v) is 9.99. The van der Waals surface area contributed by atoms with Gasteiger partial charge in [0, 0.05) is 69.3 Å². The second kappa shape index (κ2) is 21.3. The van der Waals surface area contributed by atoms with Crippen LogP contribution in [0.2, 0.25) is 0 Å². The van der Waals surface area contributed by atoms with Crippen LogP contribution >= 0.6 is 0 Å². The van der Waals surface area contributed by atoms with Gasteiger partial charge in [-0.2, -0.15) is 0 Å². The zero-order chi connectivity index (χ0) is 33.7. The number of benzene rings is 1. The van der Waals surface area contributed by atoms with Crippen molar-refractivity contribution in [2.24, 2.45) is 10.7 Å².